The van der Waals surface area contributed by atoms with Crippen LogP contribution in [-0.4, -0.2) is 54.2 Å². The number of nitrogens with one attached hydrogen (secondary N) is 1. The van der Waals surface area contributed by atoms with Gasteiger partial charge in [0.1, 0.15) is 15.9 Å². The van der Waals surface area contributed by atoms with Crippen LogP contribution in [0.1, 0.15) is 20.3 Å². The van der Waals surface area contributed by atoms with E-state index in [1.54, 1.807) is 13.8 Å². The van der Waals surface area contributed by atoms with Crippen LogP contribution in [0.15, 0.2) is 0 Å². The van der Waals surface area contributed by atoms with E-state index in [-0.39, 0.29) is 12.2 Å². The standard InChI is InChI=1S/C10H20N2O5S2/c1-10(2,18)7(11)8(13)12-6(9(14)15)4-5-19(3,16)17/h6-7,18H,4-5,11H2,1-3H3,(H,12,13)(H,14,15)/t6-,7+/m0/s1. The number of sulfone groups is 1. The Morgan fingerprint density at radius 1 is 1.42 bits per heavy atom. The quantitative estimate of drug-likeness (QED) is 0.448. The fourth-order valence-corrected chi connectivity index (χ4v) is 1.95. The van der Waals surface area contributed by atoms with Crippen LogP contribution in [-0.2, 0) is 19.4 Å². The van der Waals surface area contributed by atoms with Gasteiger partial charge in [-0.1, -0.05) is 0 Å². The number of carboxylic acids is 1. The molecule has 0 aromatic carbocycles. The molecular weight excluding hydrogens is 292 g/mol. The number of aliphatic carboxylic acids is 1. The monoisotopic (exact) mass is 312 g/mol. The summed E-state index contributed by atoms with van der Waals surface area (Å²) in [6.45, 7) is 3.24. The summed E-state index contributed by atoms with van der Waals surface area (Å²) in [4.78, 5) is 22.7. The molecule has 0 radical (unpaired) electrons. The van der Waals surface area contributed by atoms with Crippen LogP contribution in [0.2, 0.25) is 0 Å². The second-order valence-corrected chi connectivity index (χ2v) is 8.36. The number of carbonyl (C=O) groups excluding carboxylic acids is 1. The first-order valence-electron chi connectivity index (χ1n) is 5.53. The van der Waals surface area contributed by atoms with Crippen molar-refractivity contribution < 1.29 is 23.1 Å². The van der Waals surface area contributed by atoms with Crippen molar-refractivity contribution in [3.63, 3.8) is 0 Å². The second-order valence-electron chi connectivity index (χ2n) is 4.95. The van der Waals surface area contributed by atoms with Crippen LogP contribution in [0.4, 0.5) is 0 Å². The SMILES string of the molecule is CC(C)(S)[C@H](N)C(=O)N[C@@H](CCS(C)(=O)=O)C(=O)O. The molecule has 0 heterocycles. The van der Waals surface area contributed by atoms with Gasteiger partial charge in [-0.3, -0.25) is 4.79 Å². The maximum atomic E-state index is 11.7. The summed E-state index contributed by atoms with van der Waals surface area (Å²) in [5, 5.41) is 11.2. The van der Waals surface area contributed by atoms with Crippen LogP contribution in [0.25, 0.3) is 0 Å². The zero-order valence-electron chi connectivity index (χ0n) is 11.1. The molecule has 0 saturated carbocycles. The summed E-state index contributed by atoms with van der Waals surface area (Å²) >= 11 is 4.13. The van der Waals surface area contributed by atoms with E-state index in [1.165, 1.54) is 0 Å². The van der Waals surface area contributed by atoms with E-state index in [2.05, 4.69) is 17.9 Å². The lowest BCUT2D eigenvalue weighted by Crippen LogP contribution is -2.55. The zero-order chi connectivity index (χ0) is 15.4. The van der Waals surface area contributed by atoms with Gasteiger partial charge >= 0.3 is 5.97 Å². The fraction of sp³-hybridized carbons (Fsp3) is 0.800. The molecule has 0 aliphatic carbocycles. The molecule has 112 valence electrons. The molecule has 4 N–H and O–H groups in total. The van der Waals surface area contributed by atoms with E-state index >= 15 is 0 Å². The lowest BCUT2D eigenvalue weighted by atomic mass is 10.0. The molecule has 0 aliphatic rings. The normalized spacial score (nSPS) is 15.6. The average molecular weight is 312 g/mol. The number of carbonyl (C=O) groups is 2. The summed E-state index contributed by atoms with van der Waals surface area (Å²) in [5.74, 6) is -2.31. The number of carboxylic acid groups (broad SMARTS) is 1. The molecule has 19 heavy (non-hydrogen) atoms. The first-order chi connectivity index (χ1) is 8.34. The van der Waals surface area contributed by atoms with Crippen LogP contribution in [0, 0.1) is 0 Å². The summed E-state index contributed by atoms with van der Waals surface area (Å²) < 4.78 is 21.2. The number of thiol groups is 1. The molecular formula is C10H20N2O5S2. The minimum absolute atomic E-state index is 0.209. The lowest BCUT2D eigenvalue weighted by molar-refractivity contribution is -0.142. The molecule has 7 nitrogen and oxygen atoms in total. The zero-order valence-corrected chi connectivity index (χ0v) is 12.8. The van der Waals surface area contributed by atoms with Gasteiger partial charge < -0.3 is 16.2 Å². The summed E-state index contributed by atoms with van der Waals surface area (Å²) in [7, 11) is -3.30. The molecule has 9 heteroatoms. The van der Waals surface area contributed by atoms with Gasteiger partial charge in [-0.15, -0.1) is 0 Å². The Morgan fingerprint density at radius 2 is 1.89 bits per heavy atom. The van der Waals surface area contributed by atoms with Crippen LogP contribution >= 0.6 is 12.6 Å². The number of nitrogens with two attached hydrogens (primary N) is 1. The average Bonchev–Trinajstić information content (AvgIpc) is 2.19. The number of hydrogen-bond acceptors (Lipinski definition) is 6. The van der Waals surface area contributed by atoms with Gasteiger partial charge in [0.15, 0.2) is 0 Å². The molecule has 0 unspecified atom stereocenters. The first-order valence-corrected chi connectivity index (χ1v) is 8.04. The van der Waals surface area contributed by atoms with Gasteiger partial charge in [0.25, 0.3) is 0 Å². The third kappa shape index (κ3) is 7.38. The molecule has 0 saturated heterocycles. The number of amides is 1. The second kappa shape index (κ2) is 6.58. The maximum Gasteiger partial charge on any atom is 0.326 e. The topological polar surface area (TPSA) is 127 Å². The first kappa shape index (κ1) is 18.2. The van der Waals surface area contributed by atoms with E-state index in [1.807, 2.05) is 0 Å². The molecule has 0 spiro atoms. The Morgan fingerprint density at radius 3 is 2.21 bits per heavy atom. The van der Waals surface area contributed by atoms with Crippen LogP contribution in [0.5, 0.6) is 0 Å². The van der Waals surface area contributed by atoms with Gasteiger partial charge in [0, 0.05) is 11.0 Å². The highest BCUT2D eigenvalue weighted by atomic mass is 32.2. The highest BCUT2D eigenvalue weighted by Gasteiger charge is 2.31. The molecule has 1 amide bonds. The molecule has 2 atom stereocenters. The molecule has 0 aromatic rings. The smallest absolute Gasteiger partial charge is 0.326 e. The van der Waals surface area contributed by atoms with E-state index in [4.69, 9.17) is 10.8 Å². The summed E-state index contributed by atoms with van der Waals surface area (Å²) in [6, 6.07) is -2.29. The Kier molecular flexibility index (Phi) is 6.30. The van der Waals surface area contributed by atoms with Crippen LogP contribution in [0.3, 0.4) is 0 Å². The highest BCUT2D eigenvalue weighted by molar-refractivity contribution is 7.90. The van der Waals surface area contributed by atoms with E-state index in [0.29, 0.717) is 0 Å². The van der Waals surface area contributed by atoms with Crippen molar-refractivity contribution in [2.45, 2.75) is 37.1 Å². The molecule has 0 bridgehead atoms. The van der Waals surface area contributed by atoms with Crippen molar-refractivity contribution >= 4 is 34.3 Å². The summed E-state index contributed by atoms with van der Waals surface area (Å²) in [5.41, 5.74) is 5.63. The lowest BCUT2D eigenvalue weighted by Gasteiger charge is -2.26. The third-order valence-electron chi connectivity index (χ3n) is 2.44. The van der Waals surface area contributed by atoms with Gasteiger partial charge in [0.2, 0.25) is 5.91 Å². The van der Waals surface area contributed by atoms with Gasteiger partial charge in [-0.2, -0.15) is 12.6 Å². The fourth-order valence-electron chi connectivity index (χ4n) is 1.17. The Balaban J connectivity index is 4.69. The minimum Gasteiger partial charge on any atom is -0.480 e. The van der Waals surface area contributed by atoms with Crippen molar-refractivity contribution in [1.29, 1.82) is 0 Å². The molecule has 0 aliphatic heterocycles. The number of rotatable bonds is 7. The van der Waals surface area contributed by atoms with Crippen molar-refractivity contribution in [1.82, 2.24) is 5.32 Å². The van der Waals surface area contributed by atoms with Gasteiger partial charge in [-0.25, -0.2) is 13.2 Å². The van der Waals surface area contributed by atoms with E-state index < -0.39 is 38.5 Å². The van der Waals surface area contributed by atoms with Crippen molar-refractivity contribution in [3.05, 3.63) is 0 Å². The largest absolute Gasteiger partial charge is 0.480 e. The molecule has 0 rings (SSSR count). The predicted octanol–water partition coefficient (Wildman–Crippen LogP) is -0.974. The Labute approximate surface area is 118 Å². The number of hydrogen-bond donors (Lipinski definition) is 4. The predicted molar refractivity (Wildman–Crippen MR) is 74.9 cm³/mol. The highest BCUT2D eigenvalue weighted by Crippen LogP contribution is 2.16. The summed E-state index contributed by atoms with van der Waals surface area (Å²) in [6.07, 6.45) is 0.788. The minimum atomic E-state index is -3.30. The van der Waals surface area contributed by atoms with Gasteiger partial charge in [0.05, 0.1) is 11.8 Å². The van der Waals surface area contributed by atoms with E-state index in [0.717, 1.165) is 6.26 Å². The van der Waals surface area contributed by atoms with Crippen molar-refractivity contribution in [2.24, 2.45) is 5.73 Å². The Hall–Kier alpha value is -0.800. The van der Waals surface area contributed by atoms with Crippen molar-refractivity contribution in [2.75, 3.05) is 12.0 Å². The van der Waals surface area contributed by atoms with E-state index in [9.17, 15) is 18.0 Å². The Bertz CT molecular complexity index is 441. The van der Waals surface area contributed by atoms with Gasteiger partial charge in [-0.05, 0) is 20.3 Å². The molecule has 0 fully saturated rings. The molecule has 0 aromatic heterocycles. The van der Waals surface area contributed by atoms with Crippen molar-refractivity contribution in [3.8, 4) is 0 Å². The van der Waals surface area contributed by atoms with Crippen LogP contribution < -0.4 is 11.1 Å². The maximum absolute atomic E-state index is 11.7. The third-order valence-corrected chi connectivity index (χ3v) is 3.69.